The molecule has 1 amide bonds. The highest BCUT2D eigenvalue weighted by Gasteiger charge is 2.39. The molecule has 1 aliphatic rings. The number of amides is 1. The molecule has 1 aliphatic heterocycles. The van der Waals surface area contributed by atoms with Gasteiger partial charge in [0.15, 0.2) is 6.61 Å². The van der Waals surface area contributed by atoms with E-state index in [0.717, 1.165) is 6.07 Å². The van der Waals surface area contributed by atoms with Crippen LogP contribution in [0.3, 0.4) is 0 Å². The predicted molar refractivity (Wildman–Crippen MR) is 85.8 cm³/mol. The Hall–Kier alpha value is -2.19. The molecule has 0 spiro atoms. The third kappa shape index (κ3) is 3.91. The van der Waals surface area contributed by atoms with E-state index in [1.165, 1.54) is 12.1 Å². The van der Waals surface area contributed by atoms with Crippen molar-refractivity contribution in [3.63, 3.8) is 0 Å². The zero-order chi connectivity index (χ0) is 18.0. The van der Waals surface area contributed by atoms with Crippen molar-refractivity contribution in [2.75, 3.05) is 20.3 Å². The summed E-state index contributed by atoms with van der Waals surface area (Å²) in [5, 5.41) is 7.92. The topological polar surface area (TPSA) is 77.7 Å². The Morgan fingerprint density at radius 2 is 2.28 bits per heavy atom. The van der Waals surface area contributed by atoms with Crippen LogP contribution < -0.4 is 4.74 Å². The van der Waals surface area contributed by atoms with E-state index in [1.807, 2.05) is 0 Å². The normalized spacial score (nSPS) is 20.1. The number of nitrogens with zero attached hydrogens (tertiary/aromatic N) is 3. The molecule has 1 aromatic heterocycles. The molecule has 2 aromatic rings. The number of hydrogen-bond donors (Lipinski definition) is 0. The Balaban J connectivity index is 1.70. The van der Waals surface area contributed by atoms with Gasteiger partial charge in [-0.2, -0.15) is 0 Å². The van der Waals surface area contributed by atoms with Gasteiger partial charge in [-0.3, -0.25) is 4.79 Å². The van der Waals surface area contributed by atoms with Crippen LogP contribution >= 0.6 is 11.6 Å². The molecule has 2 atom stereocenters. The van der Waals surface area contributed by atoms with Crippen LogP contribution in [0.1, 0.15) is 24.2 Å². The van der Waals surface area contributed by atoms with Crippen molar-refractivity contribution in [2.24, 2.45) is 0 Å². The molecule has 0 aliphatic carbocycles. The maximum atomic E-state index is 13.1. The molecule has 0 saturated carbocycles. The van der Waals surface area contributed by atoms with E-state index in [4.69, 9.17) is 25.5 Å². The molecule has 0 unspecified atom stereocenters. The number of carbonyl (C=O) groups excluding carboxylic acids is 1. The second-order valence-corrected chi connectivity index (χ2v) is 6.09. The van der Waals surface area contributed by atoms with E-state index in [-0.39, 0.29) is 35.4 Å². The molecule has 134 valence electrons. The van der Waals surface area contributed by atoms with Gasteiger partial charge in [0, 0.05) is 27.0 Å². The second kappa shape index (κ2) is 7.37. The molecule has 3 rings (SSSR count). The molecule has 2 heterocycles. The van der Waals surface area contributed by atoms with Crippen LogP contribution in [0.25, 0.3) is 0 Å². The van der Waals surface area contributed by atoms with Gasteiger partial charge >= 0.3 is 0 Å². The van der Waals surface area contributed by atoms with Gasteiger partial charge in [0.05, 0.1) is 11.1 Å². The van der Waals surface area contributed by atoms with Gasteiger partial charge in [0.1, 0.15) is 17.6 Å². The predicted octanol–water partition coefficient (Wildman–Crippen LogP) is 2.54. The summed E-state index contributed by atoms with van der Waals surface area (Å²) in [6, 6.07) is 3.35. The minimum Gasteiger partial charge on any atom is -0.482 e. The summed E-state index contributed by atoms with van der Waals surface area (Å²) in [7, 11) is 1.59. The first-order chi connectivity index (χ1) is 12.0. The first kappa shape index (κ1) is 17.6. The summed E-state index contributed by atoms with van der Waals surface area (Å²) in [5.41, 5.74) is 0. The SMILES string of the molecule is CO[C@H]1C[C@H](c2nnc(C)o2)N(C(=O)COc2ccc(F)cc2Cl)C1. The van der Waals surface area contributed by atoms with Gasteiger partial charge < -0.3 is 18.8 Å². The largest absolute Gasteiger partial charge is 0.482 e. The number of likely N-dealkylation sites (tertiary alicyclic amines) is 1. The number of hydrogen-bond acceptors (Lipinski definition) is 6. The maximum absolute atomic E-state index is 13.1. The number of methoxy groups -OCH3 is 1. The van der Waals surface area contributed by atoms with Gasteiger partial charge in [-0.15, -0.1) is 10.2 Å². The molecular weight excluding hydrogens is 353 g/mol. The Labute approximate surface area is 148 Å². The fourth-order valence-electron chi connectivity index (χ4n) is 2.74. The average molecular weight is 370 g/mol. The molecule has 1 saturated heterocycles. The van der Waals surface area contributed by atoms with Crippen LogP contribution in [0.5, 0.6) is 5.75 Å². The van der Waals surface area contributed by atoms with E-state index in [0.29, 0.717) is 24.7 Å². The third-order valence-electron chi connectivity index (χ3n) is 3.99. The number of rotatable bonds is 5. The van der Waals surface area contributed by atoms with E-state index in [9.17, 15) is 9.18 Å². The zero-order valence-electron chi connectivity index (χ0n) is 13.7. The van der Waals surface area contributed by atoms with Crippen molar-refractivity contribution in [3.8, 4) is 5.75 Å². The summed E-state index contributed by atoms with van der Waals surface area (Å²) in [6.45, 7) is 1.83. The first-order valence-corrected chi connectivity index (χ1v) is 8.06. The Bertz CT molecular complexity index is 770. The fraction of sp³-hybridized carbons (Fsp3) is 0.438. The molecule has 0 radical (unpaired) electrons. The quantitative estimate of drug-likeness (QED) is 0.806. The van der Waals surface area contributed by atoms with Gasteiger partial charge in [-0.1, -0.05) is 11.6 Å². The second-order valence-electron chi connectivity index (χ2n) is 5.68. The van der Waals surface area contributed by atoms with Crippen LogP contribution in [0.15, 0.2) is 22.6 Å². The smallest absolute Gasteiger partial charge is 0.261 e. The van der Waals surface area contributed by atoms with Gasteiger partial charge in [-0.25, -0.2) is 4.39 Å². The lowest BCUT2D eigenvalue weighted by Crippen LogP contribution is -2.35. The van der Waals surface area contributed by atoms with Crippen molar-refractivity contribution in [2.45, 2.75) is 25.5 Å². The minimum atomic E-state index is -0.474. The van der Waals surface area contributed by atoms with E-state index in [2.05, 4.69) is 10.2 Å². The number of halogens is 2. The van der Waals surface area contributed by atoms with Crippen molar-refractivity contribution in [1.29, 1.82) is 0 Å². The Morgan fingerprint density at radius 1 is 1.48 bits per heavy atom. The standard InChI is InChI=1S/C16H17ClFN3O4/c1-9-19-20-16(25-9)13-6-11(23-2)7-21(13)15(22)8-24-14-4-3-10(18)5-12(14)17/h3-5,11,13H,6-8H2,1-2H3/t11-,13+/m0/s1. The maximum Gasteiger partial charge on any atom is 0.261 e. The number of aryl methyl sites for hydroxylation is 1. The van der Waals surface area contributed by atoms with E-state index >= 15 is 0 Å². The first-order valence-electron chi connectivity index (χ1n) is 7.68. The van der Waals surface area contributed by atoms with E-state index < -0.39 is 5.82 Å². The fourth-order valence-corrected chi connectivity index (χ4v) is 2.96. The van der Waals surface area contributed by atoms with Crippen LogP contribution in [-0.2, 0) is 9.53 Å². The van der Waals surface area contributed by atoms with Crippen LogP contribution in [0.2, 0.25) is 5.02 Å². The molecule has 0 bridgehead atoms. The van der Waals surface area contributed by atoms with E-state index in [1.54, 1.807) is 18.9 Å². The lowest BCUT2D eigenvalue weighted by atomic mass is 10.2. The van der Waals surface area contributed by atoms with Gasteiger partial charge in [-0.05, 0) is 18.2 Å². The van der Waals surface area contributed by atoms with Crippen LogP contribution in [-0.4, -0.2) is 47.4 Å². The van der Waals surface area contributed by atoms with Gasteiger partial charge in [0.2, 0.25) is 11.8 Å². The summed E-state index contributed by atoms with van der Waals surface area (Å²) < 4.78 is 29.3. The summed E-state index contributed by atoms with van der Waals surface area (Å²) in [5.74, 6) is 0.283. The highest BCUT2D eigenvalue weighted by atomic mass is 35.5. The summed E-state index contributed by atoms with van der Waals surface area (Å²) in [6.07, 6.45) is 0.428. The number of ether oxygens (including phenoxy) is 2. The molecule has 1 aromatic carbocycles. The summed E-state index contributed by atoms with van der Waals surface area (Å²) in [4.78, 5) is 14.2. The number of aromatic nitrogens is 2. The summed E-state index contributed by atoms with van der Waals surface area (Å²) >= 11 is 5.90. The number of carbonyl (C=O) groups is 1. The molecule has 0 N–H and O–H groups in total. The highest BCUT2D eigenvalue weighted by molar-refractivity contribution is 6.32. The highest BCUT2D eigenvalue weighted by Crippen LogP contribution is 2.33. The molecular formula is C16H17ClFN3O4. The van der Waals surface area contributed by atoms with Crippen molar-refractivity contribution >= 4 is 17.5 Å². The number of benzene rings is 1. The molecule has 9 heteroatoms. The lowest BCUT2D eigenvalue weighted by molar-refractivity contribution is -0.135. The molecule has 25 heavy (non-hydrogen) atoms. The lowest BCUT2D eigenvalue weighted by Gasteiger charge is -2.22. The van der Waals surface area contributed by atoms with Crippen LogP contribution in [0, 0.1) is 12.7 Å². The minimum absolute atomic E-state index is 0.105. The van der Waals surface area contributed by atoms with Crippen molar-refractivity contribution in [3.05, 3.63) is 40.8 Å². The van der Waals surface area contributed by atoms with Crippen molar-refractivity contribution in [1.82, 2.24) is 15.1 Å². The van der Waals surface area contributed by atoms with Crippen LogP contribution in [0.4, 0.5) is 4.39 Å². The van der Waals surface area contributed by atoms with Crippen molar-refractivity contribution < 1.29 is 23.1 Å². The Kier molecular flexibility index (Phi) is 5.19. The zero-order valence-corrected chi connectivity index (χ0v) is 14.5. The Morgan fingerprint density at radius 3 is 2.92 bits per heavy atom. The monoisotopic (exact) mass is 369 g/mol. The molecule has 7 nitrogen and oxygen atoms in total. The average Bonchev–Trinajstić information content (AvgIpc) is 3.19. The third-order valence-corrected chi connectivity index (χ3v) is 4.28. The van der Waals surface area contributed by atoms with Gasteiger partial charge in [0.25, 0.3) is 5.91 Å². The molecule has 1 fully saturated rings.